The molecule has 0 aliphatic carbocycles. The lowest BCUT2D eigenvalue weighted by Gasteiger charge is -2.35. The van der Waals surface area contributed by atoms with Crippen molar-refractivity contribution in [1.82, 2.24) is 4.90 Å². The van der Waals surface area contributed by atoms with Crippen molar-refractivity contribution < 1.29 is 18.0 Å². The summed E-state index contributed by atoms with van der Waals surface area (Å²) >= 11 is 0. The van der Waals surface area contributed by atoms with Gasteiger partial charge in [-0.3, -0.25) is 4.79 Å². The second kappa shape index (κ2) is 7.70. The molecule has 1 N–H and O–H groups in total. The Bertz CT molecular complexity index is 531. The summed E-state index contributed by atoms with van der Waals surface area (Å²) in [6.07, 6.45) is 0.132. The maximum absolute atomic E-state index is 12.7. The van der Waals surface area contributed by atoms with E-state index in [1.807, 2.05) is 4.90 Å². The molecule has 1 aliphatic rings. The number of amides is 1. The quantitative estimate of drug-likeness (QED) is 0.874. The second-order valence-electron chi connectivity index (χ2n) is 5.90. The molecule has 1 aliphatic heterocycles. The molecule has 0 bridgehead atoms. The third kappa shape index (κ3) is 4.88. The predicted octanol–water partition coefficient (Wildman–Crippen LogP) is 4.30. The molecule has 1 aromatic carbocycles. The standard InChI is InChI=1S/C17H23F3N2O/c1-2-15-8-3-4-11-22(15)16(23)9-10-21-14-7-5-6-13(12-14)17(18,19)20/h5-7,12,15,21H,2-4,8-11H2,1H3. The molecule has 0 saturated carbocycles. The summed E-state index contributed by atoms with van der Waals surface area (Å²) in [5.41, 5.74) is -0.297. The van der Waals surface area contributed by atoms with Gasteiger partial charge in [-0.05, 0) is 43.9 Å². The number of nitrogens with zero attached hydrogens (tertiary/aromatic N) is 1. The van der Waals surface area contributed by atoms with Gasteiger partial charge in [0.2, 0.25) is 5.91 Å². The molecule has 0 aromatic heterocycles. The lowest BCUT2D eigenvalue weighted by Crippen LogP contribution is -2.43. The van der Waals surface area contributed by atoms with Crippen LogP contribution >= 0.6 is 0 Å². The molecule has 6 heteroatoms. The maximum atomic E-state index is 12.7. The van der Waals surface area contributed by atoms with Crippen molar-refractivity contribution in [3.63, 3.8) is 0 Å². The van der Waals surface area contributed by atoms with Crippen LogP contribution in [-0.4, -0.2) is 29.9 Å². The summed E-state index contributed by atoms with van der Waals surface area (Å²) in [7, 11) is 0. The zero-order valence-corrected chi connectivity index (χ0v) is 13.3. The zero-order chi connectivity index (χ0) is 16.9. The average molecular weight is 328 g/mol. The fourth-order valence-corrected chi connectivity index (χ4v) is 3.02. The first kappa shape index (κ1) is 17.6. The first-order chi connectivity index (χ1) is 10.9. The SMILES string of the molecule is CCC1CCCCN1C(=O)CCNc1cccc(C(F)(F)F)c1. The molecule has 1 fully saturated rings. The average Bonchev–Trinajstić information content (AvgIpc) is 2.54. The summed E-state index contributed by atoms with van der Waals surface area (Å²) in [6.45, 7) is 3.21. The maximum Gasteiger partial charge on any atom is 0.416 e. The third-order valence-electron chi connectivity index (χ3n) is 4.28. The van der Waals surface area contributed by atoms with Crippen LogP contribution in [0.25, 0.3) is 0 Å². The van der Waals surface area contributed by atoms with Crippen LogP contribution < -0.4 is 5.32 Å². The van der Waals surface area contributed by atoms with Gasteiger partial charge in [-0.25, -0.2) is 0 Å². The number of halogens is 3. The number of anilines is 1. The Morgan fingerprint density at radius 2 is 2.13 bits per heavy atom. The molecule has 23 heavy (non-hydrogen) atoms. The van der Waals surface area contributed by atoms with Gasteiger partial charge in [-0.15, -0.1) is 0 Å². The van der Waals surface area contributed by atoms with E-state index in [0.717, 1.165) is 44.4 Å². The molecular weight excluding hydrogens is 305 g/mol. The summed E-state index contributed by atoms with van der Waals surface area (Å²) in [5, 5.41) is 2.91. The van der Waals surface area contributed by atoms with Crippen LogP contribution in [-0.2, 0) is 11.0 Å². The molecule has 0 radical (unpaired) electrons. The summed E-state index contributed by atoms with van der Waals surface area (Å²) in [6, 6.07) is 5.36. The van der Waals surface area contributed by atoms with Crippen molar-refractivity contribution in [2.75, 3.05) is 18.4 Å². The minimum Gasteiger partial charge on any atom is -0.385 e. The van der Waals surface area contributed by atoms with Crippen LogP contribution in [0, 0.1) is 0 Å². The Kier molecular flexibility index (Phi) is 5.91. The minimum absolute atomic E-state index is 0.0797. The smallest absolute Gasteiger partial charge is 0.385 e. The molecule has 128 valence electrons. The Hall–Kier alpha value is -1.72. The molecular formula is C17H23F3N2O. The Balaban J connectivity index is 1.86. The number of rotatable bonds is 5. The van der Waals surface area contributed by atoms with Crippen molar-refractivity contribution in [2.24, 2.45) is 0 Å². The van der Waals surface area contributed by atoms with E-state index in [1.54, 1.807) is 6.07 Å². The van der Waals surface area contributed by atoms with Gasteiger partial charge in [0.25, 0.3) is 0 Å². The number of benzene rings is 1. The zero-order valence-electron chi connectivity index (χ0n) is 13.3. The van der Waals surface area contributed by atoms with E-state index < -0.39 is 11.7 Å². The van der Waals surface area contributed by atoms with Gasteiger partial charge < -0.3 is 10.2 Å². The number of hydrogen-bond donors (Lipinski definition) is 1. The number of alkyl halides is 3. The Morgan fingerprint density at radius 3 is 2.83 bits per heavy atom. The first-order valence-electron chi connectivity index (χ1n) is 8.12. The highest BCUT2D eigenvalue weighted by Crippen LogP contribution is 2.30. The van der Waals surface area contributed by atoms with Gasteiger partial charge in [-0.1, -0.05) is 13.0 Å². The molecule has 2 rings (SSSR count). The number of carbonyl (C=O) groups excluding carboxylic acids is 1. The molecule has 3 nitrogen and oxygen atoms in total. The van der Waals surface area contributed by atoms with E-state index in [1.165, 1.54) is 6.07 Å². The Labute approximate surface area is 134 Å². The molecule has 0 spiro atoms. The highest BCUT2D eigenvalue weighted by molar-refractivity contribution is 5.77. The molecule has 1 saturated heterocycles. The Morgan fingerprint density at radius 1 is 1.35 bits per heavy atom. The van der Waals surface area contributed by atoms with Crippen molar-refractivity contribution in [3.05, 3.63) is 29.8 Å². The predicted molar refractivity (Wildman–Crippen MR) is 84.2 cm³/mol. The van der Waals surface area contributed by atoms with Gasteiger partial charge >= 0.3 is 6.18 Å². The van der Waals surface area contributed by atoms with Crippen LogP contribution in [0.3, 0.4) is 0 Å². The van der Waals surface area contributed by atoms with E-state index >= 15 is 0 Å². The van der Waals surface area contributed by atoms with E-state index in [0.29, 0.717) is 24.7 Å². The largest absolute Gasteiger partial charge is 0.416 e. The van der Waals surface area contributed by atoms with E-state index in [2.05, 4.69) is 12.2 Å². The van der Waals surface area contributed by atoms with Crippen LogP contribution in [0.1, 0.15) is 44.6 Å². The van der Waals surface area contributed by atoms with Gasteiger partial charge in [0, 0.05) is 31.2 Å². The van der Waals surface area contributed by atoms with Crippen molar-refractivity contribution in [1.29, 1.82) is 0 Å². The van der Waals surface area contributed by atoms with Gasteiger partial charge in [0.1, 0.15) is 0 Å². The number of piperidine rings is 1. The highest BCUT2D eigenvalue weighted by atomic mass is 19.4. The highest BCUT2D eigenvalue weighted by Gasteiger charge is 2.30. The summed E-state index contributed by atoms with van der Waals surface area (Å²) in [4.78, 5) is 14.2. The normalized spacial score (nSPS) is 18.8. The fraction of sp³-hybridized carbons (Fsp3) is 0.588. The number of carbonyl (C=O) groups is 1. The van der Waals surface area contributed by atoms with E-state index in [4.69, 9.17) is 0 Å². The molecule has 1 heterocycles. The van der Waals surface area contributed by atoms with Crippen molar-refractivity contribution >= 4 is 11.6 Å². The molecule has 1 unspecified atom stereocenters. The van der Waals surface area contributed by atoms with Crippen LogP contribution in [0.5, 0.6) is 0 Å². The van der Waals surface area contributed by atoms with Gasteiger partial charge in [-0.2, -0.15) is 13.2 Å². The van der Waals surface area contributed by atoms with E-state index in [9.17, 15) is 18.0 Å². The summed E-state index contributed by atoms with van der Waals surface area (Å²) < 4.78 is 38.0. The van der Waals surface area contributed by atoms with Crippen LogP contribution in [0.4, 0.5) is 18.9 Å². The lowest BCUT2D eigenvalue weighted by molar-refractivity contribution is -0.137. The van der Waals surface area contributed by atoms with Gasteiger partial charge in [0.05, 0.1) is 5.56 Å². The van der Waals surface area contributed by atoms with Crippen LogP contribution in [0.2, 0.25) is 0 Å². The fourth-order valence-electron chi connectivity index (χ4n) is 3.02. The minimum atomic E-state index is -4.35. The number of likely N-dealkylation sites (tertiary alicyclic amines) is 1. The third-order valence-corrected chi connectivity index (χ3v) is 4.28. The molecule has 1 atom stereocenters. The van der Waals surface area contributed by atoms with E-state index in [-0.39, 0.29) is 5.91 Å². The first-order valence-corrected chi connectivity index (χ1v) is 8.12. The monoisotopic (exact) mass is 328 g/mol. The van der Waals surface area contributed by atoms with Crippen molar-refractivity contribution in [2.45, 2.75) is 51.2 Å². The van der Waals surface area contributed by atoms with Crippen molar-refractivity contribution in [3.8, 4) is 0 Å². The topological polar surface area (TPSA) is 32.3 Å². The number of hydrogen-bond acceptors (Lipinski definition) is 2. The lowest BCUT2D eigenvalue weighted by atomic mass is 9.99. The van der Waals surface area contributed by atoms with Crippen LogP contribution in [0.15, 0.2) is 24.3 Å². The van der Waals surface area contributed by atoms with Gasteiger partial charge in [0.15, 0.2) is 0 Å². The molecule has 1 amide bonds. The summed E-state index contributed by atoms with van der Waals surface area (Å²) in [5.74, 6) is 0.0797. The second-order valence-corrected chi connectivity index (χ2v) is 5.90. The number of nitrogens with one attached hydrogen (secondary N) is 1. The molecule has 1 aromatic rings.